The first kappa shape index (κ1) is 21.1. The summed E-state index contributed by atoms with van der Waals surface area (Å²) in [6.45, 7) is 8.27. The van der Waals surface area contributed by atoms with Crippen molar-refractivity contribution in [3.63, 3.8) is 0 Å². The standard InChI is InChI=1S/C25H24FN3O/c1-16(2)19-5-11-24(12-6-19)29-17(3)13-20(18(29)4)14-21(15-27)25(30)28-23-9-7-22(26)8-10-23/h5-14,16H,1-4H3,(H,28,30)/b21-14+. The van der Waals surface area contributed by atoms with Gasteiger partial charge in [-0.2, -0.15) is 5.26 Å². The van der Waals surface area contributed by atoms with Crippen LogP contribution in [0.4, 0.5) is 10.1 Å². The number of aromatic nitrogens is 1. The number of nitriles is 1. The molecule has 4 nitrogen and oxygen atoms in total. The highest BCUT2D eigenvalue weighted by molar-refractivity contribution is 6.09. The highest BCUT2D eigenvalue weighted by Gasteiger charge is 2.14. The summed E-state index contributed by atoms with van der Waals surface area (Å²) < 4.78 is 15.1. The topological polar surface area (TPSA) is 57.8 Å². The monoisotopic (exact) mass is 401 g/mol. The first-order valence-electron chi connectivity index (χ1n) is 9.78. The number of amides is 1. The van der Waals surface area contributed by atoms with Crippen LogP contribution in [0.25, 0.3) is 11.8 Å². The van der Waals surface area contributed by atoms with Gasteiger partial charge in [-0.1, -0.05) is 26.0 Å². The second-order valence-electron chi connectivity index (χ2n) is 7.54. The van der Waals surface area contributed by atoms with Crippen molar-refractivity contribution in [3.8, 4) is 11.8 Å². The van der Waals surface area contributed by atoms with Crippen molar-refractivity contribution in [2.75, 3.05) is 5.32 Å². The molecule has 2 aromatic carbocycles. The van der Waals surface area contributed by atoms with Gasteiger partial charge in [0.2, 0.25) is 0 Å². The summed E-state index contributed by atoms with van der Waals surface area (Å²) in [6, 6.07) is 17.7. The van der Waals surface area contributed by atoms with Crippen molar-refractivity contribution in [1.82, 2.24) is 4.57 Å². The number of aryl methyl sites for hydroxylation is 1. The van der Waals surface area contributed by atoms with Crippen LogP contribution in [0.2, 0.25) is 0 Å². The second-order valence-corrected chi connectivity index (χ2v) is 7.54. The molecule has 0 saturated heterocycles. The van der Waals surface area contributed by atoms with E-state index in [0.29, 0.717) is 11.6 Å². The zero-order chi connectivity index (χ0) is 21.8. The molecule has 0 radical (unpaired) electrons. The van der Waals surface area contributed by atoms with Gasteiger partial charge in [-0.3, -0.25) is 4.79 Å². The molecule has 0 saturated carbocycles. The fraction of sp³-hybridized carbons (Fsp3) is 0.200. The minimum Gasteiger partial charge on any atom is -0.321 e. The van der Waals surface area contributed by atoms with Gasteiger partial charge in [0.1, 0.15) is 17.5 Å². The van der Waals surface area contributed by atoms with E-state index in [1.807, 2.05) is 26.0 Å². The van der Waals surface area contributed by atoms with Crippen molar-refractivity contribution < 1.29 is 9.18 Å². The van der Waals surface area contributed by atoms with Crippen LogP contribution in [0.5, 0.6) is 0 Å². The maximum Gasteiger partial charge on any atom is 0.266 e. The number of hydrogen-bond donors (Lipinski definition) is 1. The lowest BCUT2D eigenvalue weighted by Crippen LogP contribution is -2.13. The van der Waals surface area contributed by atoms with Crippen LogP contribution < -0.4 is 5.32 Å². The first-order valence-corrected chi connectivity index (χ1v) is 9.78. The van der Waals surface area contributed by atoms with E-state index in [0.717, 1.165) is 22.6 Å². The van der Waals surface area contributed by atoms with Crippen molar-refractivity contribution in [2.45, 2.75) is 33.6 Å². The van der Waals surface area contributed by atoms with E-state index in [1.165, 1.54) is 29.8 Å². The van der Waals surface area contributed by atoms with E-state index in [-0.39, 0.29) is 5.57 Å². The van der Waals surface area contributed by atoms with Crippen LogP contribution in [0.3, 0.4) is 0 Å². The number of hydrogen-bond acceptors (Lipinski definition) is 2. The molecule has 0 fully saturated rings. The van der Waals surface area contributed by atoms with Gasteiger partial charge in [-0.15, -0.1) is 0 Å². The normalized spacial score (nSPS) is 11.4. The van der Waals surface area contributed by atoms with Gasteiger partial charge in [0, 0.05) is 22.8 Å². The third kappa shape index (κ3) is 4.49. The Bertz CT molecular complexity index is 1130. The number of anilines is 1. The molecule has 0 bridgehead atoms. The number of halogens is 1. The number of benzene rings is 2. The fourth-order valence-electron chi connectivity index (χ4n) is 3.38. The Kier molecular flexibility index (Phi) is 6.17. The zero-order valence-electron chi connectivity index (χ0n) is 17.5. The molecule has 30 heavy (non-hydrogen) atoms. The average molecular weight is 401 g/mol. The van der Waals surface area contributed by atoms with Crippen molar-refractivity contribution in [2.24, 2.45) is 0 Å². The van der Waals surface area contributed by atoms with E-state index in [1.54, 1.807) is 6.08 Å². The lowest BCUT2D eigenvalue weighted by molar-refractivity contribution is -0.112. The molecule has 1 N–H and O–H groups in total. The van der Waals surface area contributed by atoms with Crippen LogP contribution in [-0.2, 0) is 4.79 Å². The number of nitrogens with one attached hydrogen (secondary N) is 1. The summed E-state index contributed by atoms with van der Waals surface area (Å²) in [6.07, 6.45) is 1.58. The Labute approximate surface area is 176 Å². The van der Waals surface area contributed by atoms with Gasteiger partial charge in [-0.25, -0.2) is 4.39 Å². The minimum atomic E-state index is -0.532. The number of carbonyl (C=O) groups is 1. The van der Waals surface area contributed by atoms with Gasteiger partial charge in [-0.05, 0) is 79.4 Å². The summed E-state index contributed by atoms with van der Waals surface area (Å²) >= 11 is 0. The molecule has 1 amide bonds. The molecule has 3 aromatic rings. The SMILES string of the molecule is Cc1cc(/C=C(\C#N)C(=O)Nc2ccc(F)cc2)c(C)n1-c1ccc(C(C)C)cc1. The highest BCUT2D eigenvalue weighted by atomic mass is 19.1. The summed E-state index contributed by atoms with van der Waals surface area (Å²) in [5, 5.41) is 12.1. The van der Waals surface area contributed by atoms with E-state index in [2.05, 4.69) is 48.0 Å². The maximum atomic E-state index is 13.0. The molecule has 1 aromatic heterocycles. The molecule has 0 spiro atoms. The first-order chi connectivity index (χ1) is 14.3. The van der Waals surface area contributed by atoms with Gasteiger partial charge >= 0.3 is 0 Å². The Balaban J connectivity index is 1.90. The van der Waals surface area contributed by atoms with E-state index in [9.17, 15) is 14.4 Å². The minimum absolute atomic E-state index is 0.0188. The Morgan fingerprint density at radius 3 is 2.30 bits per heavy atom. The van der Waals surface area contributed by atoms with Crippen LogP contribution >= 0.6 is 0 Å². The van der Waals surface area contributed by atoms with Crippen molar-refractivity contribution in [1.29, 1.82) is 5.26 Å². The van der Waals surface area contributed by atoms with Gasteiger partial charge in [0.25, 0.3) is 5.91 Å². The quantitative estimate of drug-likeness (QED) is 0.427. The highest BCUT2D eigenvalue weighted by Crippen LogP contribution is 2.25. The van der Waals surface area contributed by atoms with E-state index >= 15 is 0 Å². The smallest absolute Gasteiger partial charge is 0.266 e. The van der Waals surface area contributed by atoms with Crippen LogP contribution in [0.1, 0.15) is 42.3 Å². The molecular formula is C25H24FN3O. The molecule has 1 heterocycles. The Hall–Kier alpha value is -3.65. The lowest BCUT2D eigenvalue weighted by Gasteiger charge is -2.12. The third-order valence-corrected chi connectivity index (χ3v) is 5.06. The molecule has 0 unspecified atom stereocenters. The molecule has 0 aliphatic carbocycles. The van der Waals surface area contributed by atoms with E-state index in [4.69, 9.17) is 0 Å². The predicted octanol–water partition coefficient (Wildman–Crippen LogP) is 5.90. The van der Waals surface area contributed by atoms with Gasteiger partial charge in [0.15, 0.2) is 0 Å². The third-order valence-electron chi connectivity index (χ3n) is 5.06. The van der Waals surface area contributed by atoms with Crippen LogP contribution in [-0.4, -0.2) is 10.5 Å². The van der Waals surface area contributed by atoms with Crippen molar-refractivity contribution in [3.05, 3.63) is 88.5 Å². The summed E-state index contributed by atoms with van der Waals surface area (Å²) in [7, 11) is 0. The molecule has 152 valence electrons. The van der Waals surface area contributed by atoms with Crippen LogP contribution in [0.15, 0.2) is 60.2 Å². The Morgan fingerprint density at radius 2 is 1.73 bits per heavy atom. The van der Waals surface area contributed by atoms with Crippen LogP contribution in [0, 0.1) is 31.0 Å². The molecule has 3 rings (SSSR count). The number of carbonyl (C=O) groups excluding carboxylic acids is 1. The van der Waals surface area contributed by atoms with Gasteiger partial charge in [0.05, 0.1) is 0 Å². The summed E-state index contributed by atoms with van der Waals surface area (Å²) in [4.78, 5) is 12.5. The van der Waals surface area contributed by atoms with Gasteiger partial charge < -0.3 is 9.88 Å². The molecule has 0 aliphatic heterocycles. The predicted molar refractivity (Wildman–Crippen MR) is 118 cm³/mol. The average Bonchev–Trinajstić information content (AvgIpc) is 3.00. The molecule has 0 atom stereocenters. The molecule has 5 heteroatoms. The van der Waals surface area contributed by atoms with Crippen molar-refractivity contribution >= 4 is 17.7 Å². The summed E-state index contributed by atoms with van der Waals surface area (Å²) in [5.74, 6) is -0.463. The number of nitrogens with zero attached hydrogens (tertiary/aromatic N) is 2. The van der Waals surface area contributed by atoms with E-state index < -0.39 is 11.7 Å². The molecular weight excluding hydrogens is 377 g/mol. The Morgan fingerprint density at radius 1 is 1.10 bits per heavy atom. The number of rotatable bonds is 5. The zero-order valence-corrected chi connectivity index (χ0v) is 17.5. The fourth-order valence-corrected chi connectivity index (χ4v) is 3.38. The lowest BCUT2D eigenvalue weighted by atomic mass is 10.0. The maximum absolute atomic E-state index is 13.0. The largest absolute Gasteiger partial charge is 0.321 e. The molecule has 0 aliphatic rings. The second kappa shape index (κ2) is 8.79. The summed E-state index contributed by atoms with van der Waals surface area (Å²) in [5.41, 5.74) is 5.45.